The second-order valence-electron chi connectivity index (χ2n) is 10.4. The number of carboxylic acid groups (broad SMARTS) is 1. The van der Waals surface area contributed by atoms with Crippen LogP contribution in [0.5, 0.6) is 0 Å². The first kappa shape index (κ1) is 40.2. The smallest absolute Gasteiger partial charge is 1.00 e. The Morgan fingerprint density at radius 1 is 0.580 bits per heavy atom. The van der Waals surface area contributed by atoms with E-state index in [1.165, 1.54) is 28.0 Å². The molecule has 257 valence electrons. The summed E-state index contributed by atoms with van der Waals surface area (Å²) >= 11 is 11.0. The number of hydrogen-bond donors (Lipinski definition) is 3. The fourth-order valence-corrected chi connectivity index (χ4v) is 9.21. The standard InChI is InChI=1S/C37H33N6O2PS2.BrH.Cu/c1-38-36(47)42-40-34(28-22-24-29(25-23-28)35(44)45)33(27-14-6-2-7-15-27)41-43-37(48)39-26-46(30-16-8-3-9-17-30,31-18-10-4-11-19-31)32-20-12-5-13-21-32;;/h2-25H,26H2,1H3,(H4-,38,39,40,41,42,43,44,45,47,48);1H;/q;;+2/p-2. The molecule has 5 aromatic rings. The van der Waals surface area contributed by atoms with Gasteiger partial charge in [-0.2, -0.15) is 10.2 Å². The van der Waals surface area contributed by atoms with E-state index in [1.54, 1.807) is 19.2 Å². The van der Waals surface area contributed by atoms with Crippen LogP contribution in [0.2, 0.25) is 0 Å². The zero-order valence-corrected chi connectivity index (χ0v) is 31.7. The van der Waals surface area contributed by atoms with Gasteiger partial charge in [0.25, 0.3) is 0 Å². The molecule has 1 radical (unpaired) electrons. The van der Waals surface area contributed by atoms with Crippen LogP contribution in [0.15, 0.2) is 166 Å². The number of nitrogens with zero attached hydrogens (tertiary/aromatic N) is 4. The first-order valence-corrected chi connectivity index (χ1v) is 17.7. The quantitative estimate of drug-likeness (QED) is 0.0470. The number of aromatic carboxylic acids is 1. The maximum atomic E-state index is 11.5. The van der Waals surface area contributed by atoms with Crippen molar-refractivity contribution in [3.8, 4) is 0 Å². The van der Waals surface area contributed by atoms with E-state index in [4.69, 9.17) is 25.3 Å². The van der Waals surface area contributed by atoms with E-state index in [9.17, 15) is 9.90 Å². The van der Waals surface area contributed by atoms with E-state index in [0.717, 1.165) is 0 Å². The van der Waals surface area contributed by atoms with Gasteiger partial charge in [0.1, 0.15) is 40.9 Å². The van der Waals surface area contributed by atoms with Crippen LogP contribution in [0, 0.1) is 0 Å². The Hall–Kier alpha value is -4.28. The van der Waals surface area contributed by atoms with Crippen LogP contribution in [0.3, 0.4) is 0 Å². The van der Waals surface area contributed by atoms with Crippen LogP contribution < -0.4 is 43.5 Å². The van der Waals surface area contributed by atoms with Crippen LogP contribution in [0.4, 0.5) is 0 Å². The molecule has 0 spiro atoms. The number of nitrogens with one attached hydrogen (secondary N) is 2. The number of carbonyl (C=O) groups is 1. The fraction of sp³-hybridized carbons (Fsp3) is 0.0541. The molecule has 0 aliphatic rings. The van der Waals surface area contributed by atoms with Crippen molar-refractivity contribution in [1.82, 2.24) is 10.6 Å². The van der Waals surface area contributed by atoms with Gasteiger partial charge in [-0.15, -0.1) is 10.2 Å². The second-order valence-corrected chi connectivity index (χ2v) is 14.6. The molecule has 8 nitrogen and oxygen atoms in total. The average Bonchev–Trinajstić information content (AvgIpc) is 3.14. The van der Waals surface area contributed by atoms with Gasteiger partial charge in [-0.3, -0.25) is 0 Å². The first-order chi connectivity index (χ1) is 23.4. The largest absolute Gasteiger partial charge is 2.00 e. The van der Waals surface area contributed by atoms with Gasteiger partial charge in [-0.25, -0.2) is 4.79 Å². The molecular weight excluding hydrogens is 799 g/mol. The number of halogens is 1. The third-order valence-corrected chi connectivity index (χ3v) is 12.1. The van der Waals surface area contributed by atoms with Gasteiger partial charge < -0.3 is 58.0 Å². The third-order valence-electron chi connectivity index (χ3n) is 7.43. The minimum atomic E-state index is -2.23. The van der Waals surface area contributed by atoms with Gasteiger partial charge in [-0.05, 0) is 53.7 Å². The van der Waals surface area contributed by atoms with Gasteiger partial charge in [0.15, 0.2) is 0 Å². The summed E-state index contributed by atoms with van der Waals surface area (Å²) in [6.45, 7) is 0. The molecule has 0 saturated carbocycles. The molecule has 0 heterocycles. The normalized spacial score (nSPS) is 12.3. The molecule has 3 N–H and O–H groups in total. The van der Waals surface area contributed by atoms with Crippen LogP contribution in [0.1, 0.15) is 21.5 Å². The minimum Gasteiger partial charge on any atom is -1.00 e. The first-order valence-electron chi connectivity index (χ1n) is 14.9. The molecule has 0 aliphatic carbocycles. The predicted molar refractivity (Wildman–Crippen MR) is 205 cm³/mol. The van der Waals surface area contributed by atoms with Gasteiger partial charge >= 0.3 is 23.0 Å². The van der Waals surface area contributed by atoms with Crippen molar-refractivity contribution in [2.24, 2.45) is 20.4 Å². The molecule has 13 heteroatoms. The molecule has 5 aromatic carbocycles. The zero-order chi connectivity index (χ0) is 33.8. The number of rotatable bonds is 11. The molecular formula is C37H32BrCuN6O2PS2. The van der Waals surface area contributed by atoms with Gasteiger partial charge in [0, 0.05) is 23.3 Å². The van der Waals surface area contributed by atoms with E-state index in [2.05, 4.69) is 104 Å². The number of hydrogen-bond acceptors (Lipinski definition) is 7. The molecule has 0 fully saturated rings. The Labute approximate surface area is 324 Å². The van der Waals surface area contributed by atoms with Crippen molar-refractivity contribution < 1.29 is 44.0 Å². The average molecular weight is 831 g/mol. The molecule has 50 heavy (non-hydrogen) atoms. The molecule has 0 atom stereocenters. The van der Waals surface area contributed by atoms with Gasteiger partial charge in [0.2, 0.25) is 0 Å². The monoisotopic (exact) mass is 829 g/mol. The molecule has 0 bridgehead atoms. The van der Waals surface area contributed by atoms with E-state index in [1.807, 2.05) is 48.5 Å². The molecule has 0 aliphatic heterocycles. The Kier molecular flexibility index (Phi) is 15.9. The summed E-state index contributed by atoms with van der Waals surface area (Å²) in [6, 6.07) is 47.1. The molecule has 0 saturated heterocycles. The fourth-order valence-electron chi connectivity index (χ4n) is 5.08. The zero-order valence-electron chi connectivity index (χ0n) is 26.7. The number of carboxylic acids is 1. The van der Waals surface area contributed by atoms with Gasteiger partial charge in [0.05, 0.1) is 5.56 Å². The summed E-state index contributed by atoms with van der Waals surface area (Å²) in [5, 5.41) is 37.3. The predicted octanol–water partition coefficient (Wildman–Crippen LogP) is 2.06. The van der Waals surface area contributed by atoms with Crippen molar-refractivity contribution in [1.29, 1.82) is 0 Å². The van der Waals surface area contributed by atoms with Gasteiger partial charge in [-0.1, -0.05) is 97.1 Å². The van der Waals surface area contributed by atoms with E-state index in [-0.39, 0.29) is 49.9 Å². The SMILES string of the molecule is CNC([S-])=NN=C(C(=NN=C([S-])NC[P+](c1ccccc1)(c1ccccc1)c1ccccc1)c1ccccc1)c1ccc(C(=O)O)cc1.[Br-].[Cu+2]. The summed E-state index contributed by atoms with van der Waals surface area (Å²) in [5.74, 6) is -1.04. The van der Waals surface area contributed by atoms with Crippen LogP contribution in [-0.2, 0) is 42.3 Å². The topological polar surface area (TPSA) is 111 Å². The summed E-state index contributed by atoms with van der Waals surface area (Å²) in [5.41, 5.74) is 2.12. The summed E-state index contributed by atoms with van der Waals surface area (Å²) in [7, 11) is -0.583. The summed E-state index contributed by atoms with van der Waals surface area (Å²) in [4.78, 5) is 11.5. The van der Waals surface area contributed by atoms with Crippen molar-refractivity contribution >= 4 is 76.2 Å². The van der Waals surface area contributed by atoms with Crippen LogP contribution >= 0.6 is 7.26 Å². The Morgan fingerprint density at radius 3 is 1.34 bits per heavy atom. The molecule has 0 aromatic heterocycles. The third kappa shape index (κ3) is 9.91. The number of amidine groups is 2. The summed E-state index contributed by atoms with van der Waals surface area (Å²) < 4.78 is 0. The minimum absolute atomic E-state index is 0. The van der Waals surface area contributed by atoms with E-state index < -0.39 is 13.2 Å². The summed E-state index contributed by atoms with van der Waals surface area (Å²) in [6.07, 6.45) is 0.507. The maximum Gasteiger partial charge on any atom is 2.00 e. The Morgan fingerprint density at radius 2 is 0.940 bits per heavy atom. The van der Waals surface area contributed by atoms with Crippen LogP contribution in [0.25, 0.3) is 0 Å². The molecule has 0 unspecified atom stereocenters. The Bertz CT molecular complexity index is 1860. The van der Waals surface area contributed by atoms with Crippen molar-refractivity contribution in [2.75, 3.05) is 13.3 Å². The maximum absolute atomic E-state index is 11.5. The Balaban J connectivity index is 0.00000338. The van der Waals surface area contributed by atoms with Crippen molar-refractivity contribution in [3.63, 3.8) is 0 Å². The second kappa shape index (κ2) is 19.8. The molecule has 0 amide bonds. The van der Waals surface area contributed by atoms with Crippen molar-refractivity contribution in [2.45, 2.75) is 0 Å². The van der Waals surface area contributed by atoms with E-state index >= 15 is 0 Å². The molecule has 5 rings (SSSR count). The number of benzene rings is 5. The van der Waals surface area contributed by atoms with E-state index in [0.29, 0.717) is 28.8 Å². The van der Waals surface area contributed by atoms with Crippen molar-refractivity contribution in [3.05, 3.63) is 162 Å². The van der Waals surface area contributed by atoms with Crippen LogP contribution in [-0.4, -0.2) is 46.2 Å².